The van der Waals surface area contributed by atoms with E-state index in [1.807, 2.05) is 55.8 Å². The summed E-state index contributed by atoms with van der Waals surface area (Å²) in [6.07, 6.45) is 0.977. The third kappa shape index (κ3) is 7.24. The van der Waals surface area contributed by atoms with E-state index in [0.29, 0.717) is 19.7 Å². The molecule has 3 rings (SSSR count). The first-order valence-corrected chi connectivity index (χ1v) is 11.4. The van der Waals surface area contributed by atoms with Gasteiger partial charge in [-0.2, -0.15) is 0 Å². The van der Waals surface area contributed by atoms with Gasteiger partial charge in [-0.05, 0) is 38.5 Å². The lowest BCUT2D eigenvalue weighted by Gasteiger charge is -2.20. The van der Waals surface area contributed by atoms with Gasteiger partial charge in [-0.15, -0.1) is 10.2 Å². The molecule has 0 spiro atoms. The molecule has 0 aliphatic carbocycles. The fourth-order valence-corrected chi connectivity index (χ4v) is 3.37. The number of hydrogen-bond donors (Lipinski definition) is 2. The zero-order chi connectivity index (χ0) is 23.5. The molecule has 0 saturated heterocycles. The van der Waals surface area contributed by atoms with Crippen molar-refractivity contribution in [3.63, 3.8) is 0 Å². The Morgan fingerprint density at radius 2 is 1.82 bits per heavy atom. The highest BCUT2D eigenvalue weighted by Gasteiger charge is 2.08. The molecule has 0 atom stereocenters. The summed E-state index contributed by atoms with van der Waals surface area (Å²) in [5, 5.41) is 15.2. The van der Waals surface area contributed by atoms with Crippen LogP contribution in [0, 0.1) is 6.92 Å². The number of ether oxygens (including phenoxy) is 1. The number of nitrogens with zero attached hydrogens (tertiary/aromatic N) is 5. The Morgan fingerprint density at radius 3 is 2.55 bits per heavy atom. The molecule has 0 bridgehead atoms. The Bertz CT molecular complexity index is 1020. The largest absolute Gasteiger partial charge is 0.494 e. The number of aryl methyl sites for hydroxylation is 1. The predicted octanol–water partition coefficient (Wildman–Crippen LogP) is 3.28. The molecule has 0 saturated carbocycles. The highest BCUT2D eigenvalue weighted by molar-refractivity contribution is 5.79. The van der Waals surface area contributed by atoms with Crippen molar-refractivity contribution in [1.82, 2.24) is 25.4 Å². The van der Waals surface area contributed by atoms with Gasteiger partial charge in [-0.1, -0.05) is 36.4 Å². The van der Waals surface area contributed by atoms with Crippen LogP contribution in [-0.2, 0) is 20.1 Å². The maximum atomic E-state index is 5.75. The number of para-hydroxylation sites is 2. The van der Waals surface area contributed by atoms with Crippen molar-refractivity contribution in [3.05, 3.63) is 71.8 Å². The second-order valence-electron chi connectivity index (χ2n) is 7.82. The third-order valence-corrected chi connectivity index (χ3v) is 5.44. The number of rotatable bonds is 11. The summed E-state index contributed by atoms with van der Waals surface area (Å²) in [6.45, 7) is 7.37. The molecule has 8 nitrogen and oxygen atoms in total. The number of nitrogens with one attached hydrogen (secondary N) is 2. The van der Waals surface area contributed by atoms with E-state index in [1.54, 1.807) is 0 Å². The summed E-state index contributed by atoms with van der Waals surface area (Å²) < 4.78 is 7.72. The summed E-state index contributed by atoms with van der Waals surface area (Å²) in [4.78, 5) is 7.06. The lowest BCUT2D eigenvalue weighted by Crippen LogP contribution is -2.39. The smallest absolute Gasteiger partial charge is 0.191 e. The molecule has 8 heteroatoms. The van der Waals surface area contributed by atoms with Crippen molar-refractivity contribution in [2.45, 2.75) is 33.4 Å². The Morgan fingerprint density at radius 1 is 1.06 bits per heavy atom. The Kier molecular flexibility index (Phi) is 9.11. The molecule has 176 valence electrons. The fourth-order valence-electron chi connectivity index (χ4n) is 3.37. The van der Waals surface area contributed by atoms with Crippen LogP contribution in [0.15, 0.2) is 59.6 Å². The van der Waals surface area contributed by atoms with E-state index >= 15 is 0 Å². The van der Waals surface area contributed by atoms with Crippen molar-refractivity contribution >= 4 is 11.6 Å². The average molecular weight is 450 g/mol. The first kappa shape index (κ1) is 24.1. The molecule has 2 N–H and O–H groups in total. The molecule has 1 aromatic heterocycles. The molecule has 0 fully saturated rings. The first-order chi connectivity index (χ1) is 16.1. The van der Waals surface area contributed by atoms with Gasteiger partial charge in [0.1, 0.15) is 11.6 Å². The number of anilines is 1. The van der Waals surface area contributed by atoms with Gasteiger partial charge in [-0.25, -0.2) is 4.99 Å². The van der Waals surface area contributed by atoms with Gasteiger partial charge in [0.2, 0.25) is 0 Å². The van der Waals surface area contributed by atoms with E-state index in [-0.39, 0.29) is 0 Å². The summed E-state index contributed by atoms with van der Waals surface area (Å²) in [5.74, 6) is 3.36. The van der Waals surface area contributed by atoms with Crippen molar-refractivity contribution in [2.75, 3.05) is 31.6 Å². The summed E-state index contributed by atoms with van der Waals surface area (Å²) in [6, 6.07) is 18.4. The maximum Gasteiger partial charge on any atom is 0.191 e. The fraction of sp³-hybridized carbons (Fsp3) is 0.400. The van der Waals surface area contributed by atoms with Crippen LogP contribution in [0.25, 0.3) is 0 Å². The van der Waals surface area contributed by atoms with Crippen molar-refractivity contribution in [2.24, 2.45) is 12.0 Å². The van der Waals surface area contributed by atoms with Crippen LogP contribution in [-0.4, -0.2) is 47.5 Å². The van der Waals surface area contributed by atoms with E-state index in [4.69, 9.17) is 9.73 Å². The highest BCUT2D eigenvalue weighted by atomic mass is 16.5. The molecular weight excluding hydrogens is 414 g/mol. The van der Waals surface area contributed by atoms with E-state index in [0.717, 1.165) is 48.4 Å². The molecule has 1 heterocycles. The number of hydrogen-bond acceptors (Lipinski definition) is 5. The maximum absolute atomic E-state index is 5.75. The molecular formula is C25H35N7O. The van der Waals surface area contributed by atoms with E-state index in [1.165, 1.54) is 5.69 Å². The normalized spacial score (nSPS) is 11.3. The molecule has 2 aromatic carbocycles. The number of aliphatic imine (C=N–C) groups is 1. The lowest BCUT2D eigenvalue weighted by atomic mass is 10.2. The summed E-state index contributed by atoms with van der Waals surface area (Å²) >= 11 is 0. The van der Waals surface area contributed by atoms with Crippen LogP contribution in [0.1, 0.15) is 30.6 Å². The van der Waals surface area contributed by atoms with Crippen molar-refractivity contribution in [1.29, 1.82) is 0 Å². The van der Waals surface area contributed by atoms with Crippen LogP contribution in [0.5, 0.6) is 5.75 Å². The minimum Gasteiger partial charge on any atom is -0.494 e. The minimum atomic E-state index is 0.521. The Labute approximate surface area is 196 Å². The number of guanidine groups is 1. The van der Waals surface area contributed by atoms with Crippen LogP contribution in [0.3, 0.4) is 0 Å². The number of aromatic nitrogens is 3. The van der Waals surface area contributed by atoms with Crippen molar-refractivity contribution < 1.29 is 4.74 Å². The Balaban J connectivity index is 1.60. The summed E-state index contributed by atoms with van der Waals surface area (Å²) in [7, 11) is 4.08. The molecule has 33 heavy (non-hydrogen) atoms. The lowest BCUT2D eigenvalue weighted by molar-refractivity contribution is 0.336. The average Bonchev–Trinajstić information content (AvgIpc) is 3.16. The molecule has 0 amide bonds. The van der Waals surface area contributed by atoms with Gasteiger partial charge in [-0.3, -0.25) is 0 Å². The Hall–Kier alpha value is -3.55. The predicted molar refractivity (Wildman–Crippen MR) is 134 cm³/mol. The van der Waals surface area contributed by atoms with Gasteiger partial charge in [0, 0.05) is 38.4 Å². The second-order valence-corrected chi connectivity index (χ2v) is 7.82. The van der Waals surface area contributed by atoms with Gasteiger partial charge < -0.3 is 24.8 Å². The van der Waals surface area contributed by atoms with Crippen LogP contribution in [0.4, 0.5) is 5.69 Å². The number of benzene rings is 2. The molecule has 0 unspecified atom stereocenters. The molecule has 3 aromatic rings. The topological polar surface area (TPSA) is 79.6 Å². The minimum absolute atomic E-state index is 0.521. The zero-order valence-corrected chi connectivity index (χ0v) is 20.1. The third-order valence-electron chi connectivity index (χ3n) is 5.44. The monoisotopic (exact) mass is 449 g/mol. The molecule has 0 aliphatic rings. The van der Waals surface area contributed by atoms with E-state index < -0.39 is 0 Å². The van der Waals surface area contributed by atoms with Crippen LogP contribution >= 0.6 is 0 Å². The second kappa shape index (κ2) is 12.5. The highest BCUT2D eigenvalue weighted by Crippen LogP contribution is 2.18. The summed E-state index contributed by atoms with van der Waals surface area (Å²) in [5.41, 5.74) is 2.27. The van der Waals surface area contributed by atoms with Crippen LogP contribution in [0.2, 0.25) is 0 Å². The van der Waals surface area contributed by atoms with Gasteiger partial charge in [0.25, 0.3) is 0 Å². The van der Waals surface area contributed by atoms with Gasteiger partial charge in [0.15, 0.2) is 11.8 Å². The first-order valence-electron chi connectivity index (χ1n) is 11.4. The van der Waals surface area contributed by atoms with Gasteiger partial charge in [0.05, 0.1) is 19.7 Å². The van der Waals surface area contributed by atoms with Gasteiger partial charge >= 0.3 is 0 Å². The van der Waals surface area contributed by atoms with E-state index in [2.05, 4.69) is 57.0 Å². The molecule has 0 radical (unpaired) electrons. The SMILES string of the molecule is CCOc1ccccc1CN=C(NCCCN(C)c1ccccc1)NCc1nnc(C)n1C. The quantitative estimate of drug-likeness (QED) is 0.266. The van der Waals surface area contributed by atoms with Crippen molar-refractivity contribution in [3.8, 4) is 5.75 Å². The zero-order valence-electron chi connectivity index (χ0n) is 20.1. The van der Waals surface area contributed by atoms with E-state index in [9.17, 15) is 0 Å². The van der Waals surface area contributed by atoms with Crippen LogP contribution < -0.4 is 20.3 Å². The molecule has 0 aliphatic heterocycles. The standard InChI is InChI=1S/C25H35N7O/c1-5-33-23-15-10-9-12-21(23)18-27-25(28-19-24-30-29-20(2)32(24)4)26-16-11-17-31(3)22-13-7-6-8-14-22/h6-10,12-15H,5,11,16-19H2,1-4H3,(H2,26,27,28).